The second-order valence-electron chi connectivity index (χ2n) is 14.7. The van der Waals surface area contributed by atoms with E-state index < -0.39 is 45.7 Å². The number of aromatic nitrogens is 2. The van der Waals surface area contributed by atoms with Gasteiger partial charge in [0.1, 0.15) is 22.9 Å². The highest BCUT2D eigenvalue weighted by Gasteiger charge is 2.32. The predicted octanol–water partition coefficient (Wildman–Crippen LogP) is 3.49. The van der Waals surface area contributed by atoms with Gasteiger partial charge in [-0.1, -0.05) is 17.7 Å². The molecule has 4 rings (SSSR count). The number of rotatable bonds is 10. The number of carbonyl (C=O) groups is 4. The van der Waals surface area contributed by atoms with E-state index >= 15 is 0 Å². The summed E-state index contributed by atoms with van der Waals surface area (Å²) in [5.74, 6) is -1.39. The summed E-state index contributed by atoms with van der Waals surface area (Å²) in [6.07, 6.45) is 2.80. The Labute approximate surface area is 288 Å². The maximum atomic E-state index is 13.5. The van der Waals surface area contributed by atoms with Gasteiger partial charge in [-0.3, -0.25) is 19.1 Å². The first-order chi connectivity index (χ1) is 22.8. The van der Waals surface area contributed by atoms with Gasteiger partial charge < -0.3 is 24.6 Å². The first-order valence-electron chi connectivity index (χ1n) is 16.8. The molecule has 270 valence electrons. The SMILES string of the molecule is CC(C)(C)OC(=O)[C@H](CNC(=O)c1cc2n(n1)CCCN(CCC1CCN(C(=O)OC(C)(C)C)CC1)C2=O)NS(=O)(=O)c1ccc([14CH3])cc1. The quantitative estimate of drug-likeness (QED) is 0.352. The fourth-order valence-corrected chi connectivity index (χ4v) is 6.82. The average molecular weight is 705 g/mol. The molecule has 2 N–H and O–H groups in total. The van der Waals surface area contributed by atoms with Crippen molar-refractivity contribution in [3.63, 3.8) is 0 Å². The number of benzene rings is 1. The molecule has 15 heteroatoms. The van der Waals surface area contributed by atoms with Crippen molar-refractivity contribution in [3.05, 3.63) is 47.3 Å². The molecule has 1 fully saturated rings. The van der Waals surface area contributed by atoms with Crippen molar-refractivity contribution < 1.29 is 37.1 Å². The molecule has 1 atom stereocenters. The van der Waals surface area contributed by atoms with Gasteiger partial charge in [0.05, 0.1) is 4.90 Å². The van der Waals surface area contributed by atoms with E-state index in [2.05, 4.69) is 15.1 Å². The summed E-state index contributed by atoms with van der Waals surface area (Å²) >= 11 is 0. The molecule has 14 nitrogen and oxygen atoms in total. The number of hydrogen-bond donors (Lipinski definition) is 2. The van der Waals surface area contributed by atoms with Crippen molar-refractivity contribution in [1.82, 2.24) is 29.6 Å². The van der Waals surface area contributed by atoms with E-state index in [0.29, 0.717) is 45.1 Å². The second-order valence-corrected chi connectivity index (χ2v) is 16.4. The molecule has 3 amide bonds. The number of sulfonamides is 1. The van der Waals surface area contributed by atoms with E-state index in [1.165, 1.54) is 22.9 Å². The number of aryl methyl sites for hydroxylation is 2. The summed E-state index contributed by atoms with van der Waals surface area (Å²) in [5.41, 5.74) is -0.318. The molecule has 1 aromatic carbocycles. The molecule has 2 aliphatic rings. The largest absolute Gasteiger partial charge is 0.459 e. The summed E-state index contributed by atoms with van der Waals surface area (Å²) in [4.78, 5) is 55.7. The van der Waals surface area contributed by atoms with E-state index in [0.717, 1.165) is 24.8 Å². The van der Waals surface area contributed by atoms with E-state index in [4.69, 9.17) is 9.47 Å². The summed E-state index contributed by atoms with van der Waals surface area (Å²) < 4.78 is 41.0. The molecule has 49 heavy (non-hydrogen) atoms. The Kier molecular flexibility index (Phi) is 11.8. The van der Waals surface area contributed by atoms with Crippen LogP contribution in [0.3, 0.4) is 0 Å². The summed E-state index contributed by atoms with van der Waals surface area (Å²) in [7, 11) is -4.13. The molecule has 0 saturated carbocycles. The Bertz CT molecular complexity index is 1620. The van der Waals surface area contributed by atoms with E-state index in [-0.39, 0.29) is 28.3 Å². The standard InChI is InChI=1S/C34H50N6O8S/c1-23-9-11-25(12-10-23)49(45,46)37-27(31(43)47-33(2,3)4)22-35-29(41)26-21-28-30(42)38(16-8-17-40(28)36-26)18-13-24-14-19-39(20-15-24)32(44)48-34(5,6)7/h9-12,21,24,27,37H,8,13-20,22H2,1-7H3,(H,35,41)/t27-/m0/s1/i1+2. The number of nitrogens with one attached hydrogen (secondary N) is 2. The Hall–Kier alpha value is -3.98. The number of piperidine rings is 1. The summed E-state index contributed by atoms with van der Waals surface area (Å²) in [6, 6.07) is 6.13. The number of amides is 3. The fourth-order valence-electron chi connectivity index (χ4n) is 5.63. The Morgan fingerprint density at radius 3 is 2.22 bits per heavy atom. The van der Waals surface area contributed by atoms with Gasteiger partial charge >= 0.3 is 12.1 Å². The number of nitrogens with zero attached hydrogens (tertiary/aromatic N) is 4. The Morgan fingerprint density at radius 2 is 1.61 bits per heavy atom. The van der Waals surface area contributed by atoms with Gasteiger partial charge in [0.15, 0.2) is 5.69 Å². The second kappa shape index (κ2) is 15.3. The fraction of sp³-hybridized carbons (Fsp3) is 0.618. The van der Waals surface area contributed by atoms with Crippen LogP contribution in [-0.2, 0) is 30.8 Å². The van der Waals surface area contributed by atoms with Crippen LogP contribution in [0, 0.1) is 12.8 Å². The van der Waals surface area contributed by atoms with Crippen LogP contribution < -0.4 is 10.0 Å². The van der Waals surface area contributed by atoms with Gasteiger partial charge in [0.25, 0.3) is 11.8 Å². The lowest BCUT2D eigenvalue weighted by Gasteiger charge is -2.34. The predicted molar refractivity (Wildman–Crippen MR) is 181 cm³/mol. The minimum absolute atomic E-state index is 0.0240. The third-order valence-electron chi connectivity index (χ3n) is 8.18. The van der Waals surface area contributed by atoms with Crippen LogP contribution >= 0.6 is 0 Å². The maximum Gasteiger partial charge on any atom is 0.410 e. The van der Waals surface area contributed by atoms with Crippen LogP contribution in [0.4, 0.5) is 4.79 Å². The first kappa shape index (κ1) is 37.8. The van der Waals surface area contributed by atoms with Gasteiger partial charge in [-0.2, -0.15) is 9.82 Å². The minimum atomic E-state index is -4.13. The zero-order valence-corrected chi connectivity index (χ0v) is 30.4. The average Bonchev–Trinajstić information content (AvgIpc) is 3.37. The van der Waals surface area contributed by atoms with Crippen molar-refractivity contribution in [3.8, 4) is 0 Å². The molecule has 0 bridgehead atoms. The lowest BCUT2D eigenvalue weighted by molar-refractivity contribution is -0.156. The molecule has 0 unspecified atom stereocenters. The van der Waals surface area contributed by atoms with Gasteiger partial charge in [-0.05, 0) is 92.2 Å². The highest BCUT2D eigenvalue weighted by atomic mass is 32.2. The molecule has 1 aromatic heterocycles. The molecule has 0 spiro atoms. The van der Waals surface area contributed by atoms with Crippen molar-refractivity contribution in [2.75, 3.05) is 32.7 Å². The van der Waals surface area contributed by atoms with E-state index in [9.17, 15) is 27.6 Å². The lowest BCUT2D eigenvalue weighted by Crippen LogP contribution is -2.50. The van der Waals surface area contributed by atoms with Gasteiger partial charge in [0.2, 0.25) is 10.0 Å². The monoisotopic (exact) mass is 704 g/mol. The van der Waals surface area contributed by atoms with Crippen molar-refractivity contribution in [2.24, 2.45) is 5.92 Å². The van der Waals surface area contributed by atoms with Crippen molar-refractivity contribution in [2.45, 2.75) is 103 Å². The zero-order chi connectivity index (χ0) is 36.1. The molecular formula is C34H50N6O8S. The van der Waals surface area contributed by atoms with Crippen LogP contribution in [0.5, 0.6) is 0 Å². The van der Waals surface area contributed by atoms with Gasteiger partial charge in [0, 0.05) is 45.3 Å². The minimum Gasteiger partial charge on any atom is -0.459 e. The normalized spacial score (nSPS) is 16.8. The third-order valence-corrected chi connectivity index (χ3v) is 9.66. The van der Waals surface area contributed by atoms with E-state index in [1.807, 2.05) is 27.7 Å². The maximum absolute atomic E-state index is 13.5. The third kappa shape index (κ3) is 10.8. The Balaban J connectivity index is 1.36. The van der Waals surface area contributed by atoms with Crippen molar-refractivity contribution in [1.29, 1.82) is 0 Å². The topological polar surface area (TPSA) is 169 Å². The van der Waals surface area contributed by atoms with Crippen LogP contribution in [-0.4, -0.2) is 102 Å². The Morgan fingerprint density at radius 1 is 0.980 bits per heavy atom. The van der Waals surface area contributed by atoms with Gasteiger partial charge in [-0.15, -0.1) is 0 Å². The number of fused-ring (bicyclic) bond motifs is 1. The first-order valence-corrected chi connectivity index (χ1v) is 18.2. The molecule has 1 saturated heterocycles. The molecular weight excluding hydrogens is 654 g/mol. The number of esters is 1. The number of likely N-dealkylation sites (tertiary alicyclic amines) is 1. The zero-order valence-electron chi connectivity index (χ0n) is 29.6. The molecule has 0 radical (unpaired) electrons. The van der Waals surface area contributed by atoms with Crippen LogP contribution in [0.25, 0.3) is 0 Å². The van der Waals surface area contributed by atoms with Crippen LogP contribution in [0.2, 0.25) is 0 Å². The van der Waals surface area contributed by atoms with Crippen molar-refractivity contribution >= 4 is 33.9 Å². The van der Waals surface area contributed by atoms with Crippen LogP contribution in [0.1, 0.15) is 93.8 Å². The summed E-state index contributed by atoms with van der Waals surface area (Å²) in [5, 5.41) is 6.95. The number of carbonyl (C=O) groups excluding carboxylic acids is 4. The van der Waals surface area contributed by atoms with E-state index in [1.54, 1.807) is 42.7 Å². The summed E-state index contributed by atoms with van der Waals surface area (Å²) in [6.45, 7) is 14.7. The molecule has 0 aliphatic carbocycles. The highest BCUT2D eigenvalue weighted by Crippen LogP contribution is 2.24. The molecule has 2 aliphatic heterocycles. The molecule has 3 heterocycles. The number of hydrogen-bond acceptors (Lipinski definition) is 9. The highest BCUT2D eigenvalue weighted by molar-refractivity contribution is 7.89. The number of ether oxygens (including phenoxy) is 2. The van der Waals surface area contributed by atoms with Gasteiger partial charge in [-0.25, -0.2) is 13.2 Å². The lowest BCUT2D eigenvalue weighted by atomic mass is 9.93. The molecule has 2 aromatic rings. The van der Waals surface area contributed by atoms with Crippen LogP contribution in [0.15, 0.2) is 35.2 Å². The smallest absolute Gasteiger partial charge is 0.410 e.